The standard InChI is InChI=1S/C25H23NO3/c27-23(28)21-15-16-25(19-11-5-2-6-12-19,22-14-8-7-13-20(21)22)24(29)26-17-18-9-3-1-4-10-18/h1-14,21H,15-17H2,(H,26,29)(H,27,28). The average Bonchev–Trinajstić information content (AvgIpc) is 2.78. The van der Waals surface area contributed by atoms with Crippen LogP contribution in [0.3, 0.4) is 0 Å². The minimum Gasteiger partial charge on any atom is -0.481 e. The number of carbonyl (C=O) groups excluding carboxylic acids is 1. The summed E-state index contributed by atoms with van der Waals surface area (Å²) in [6, 6.07) is 27.0. The van der Waals surface area contributed by atoms with Crippen LogP contribution in [-0.2, 0) is 21.5 Å². The second-order valence-corrected chi connectivity index (χ2v) is 7.46. The molecular formula is C25H23NO3. The highest BCUT2D eigenvalue weighted by Crippen LogP contribution is 2.47. The summed E-state index contributed by atoms with van der Waals surface area (Å²) in [5.74, 6) is -1.53. The molecule has 0 aliphatic heterocycles. The van der Waals surface area contributed by atoms with Crippen molar-refractivity contribution in [3.63, 3.8) is 0 Å². The lowest BCUT2D eigenvalue weighted by Crippen LogP contribution is -2.48. The Hall–Kier alpha value is -3.40. The molecule has 29 heavy (non-hydrogen) atoms. The number of benzene rings is 3. The van der Waals surface area contributed by atoms with Crippen molar-refractivity contribution in [2.45, 2.75) is 30.7 Å². The van der Waals surface area contributed by atoms with Crippen LogP contribution < -0.4 is 5.32 Å². The van der Waals surface area contributed by atoms with Gasteiger partial charge in [0.1, 0.15) is 0 Å². The molecule has 0 radical (unpaired) electrons. The van der Waals surface area contributed by atoms with E-state index in [4.69, 9.17) is 0 Å². The topological polar surface area (TPSA) is 66.4 Å². The number of amides is 1. The molecule has 4 nitrogen and oxygen atoms in total. The first kappa shape index (κ1) is 18.9. The third-order valence-electron chi connectivity index (χ3n) is 5.85. The Morgan fingerprint density at radius 2 is 1.52 bits per heavy atom. The van der Waals surface area contributed by atoms with E-state index in [2.05, 4.69) is 5.32 Å². The monoisotopic (exact) mass is 385 g/mol. The number of carboxylic acid groups (broad SMARTS) is 1. The van der Waals surface area contributed by atoms with Crippen molar-refractivity contribution in [2.24, 2.45) is 0 Å². The minimum atomic E-state index is -0.904. The molecule has 3 aromatic rings. The van der Waals surface area contributed by atoms with E-state index in [9.17, 15) is 14.7 Å². The molecule has 0 saturated carbocycles. The third-order valence-corrected chi connectivity index (χ3v) is 5.85. The molecule has 2 unspecified atom stereocenters. The highest BCUT2D eigenvalue weighted by atomic mass is 16.4. The van der Waals surface area contributed by atoms with Gasteiger partial charge in [-0.1, -0.05) is 84.9 Å². The Morgan fingerprint density at radius 1 is 0.897 bits per heavy atom. The number of hydrogen-bond acceptors (Lipinski definition) is 2. The van der Waals surface area contributed by atoms with E-state index in [1.807, 2.05) is 84.9 Å². The van der Waals surface area contributed by atoms with Gasteiger partial charge in [0.2, 0.25) is 5.91 Å². The summed E-state index contributed by atoms with van der Waals surface area (Å²) in [6.07, 6.45) is 0.867. The van der Waals surface area contributed by atoms with Crippen LogP contribution in [0.15, 0.2) is 84.9 Å². The molecule has 2 atom stereocenters. The normalized spacial score (nSPS) is 20.5. The molecule has 1 amide bonds. The van der Waals surface area contributed by atoms with Crippen molar-refractivity contribution in [3.8, 4) is 0 Å². The zero-order valence-electron chi connectivity index (χ0n) is 16.0. The molecule has 0 saturated heterocycles. The lowest BCUT2D eigenvalue weighted by atomic mass is 9.62. The van der Waals surface area contributed by atoms with Crippen molar-refractivity contribution in [3.05, 3.63) is 107 Å². The first-order chi connectivity index (χ1) is 14.1. The lowest BCUT2D eigenvalue weighted by Gasteiger charge is -2.40. The third kappa shape index (κ3) is 3.42. The van der Waals surface area contributed by atoms with Crippen LogP contribution in [0.1, 0.15) is 41.0 Å². The van der Waals surface area contributed by atoms with E-state index in [0.29, 0.717) is 19.4 Å². The Kier molecular flexibility index (Phi) is 5.17. The van der Waals surface area contributed by atoms with Crippen LogP contribution in [-0.4, -0.2) is 17.0 Å². The number of rotatable bonds is 5. The quantitative estimate of drug-likeness (QED) is 0.690. The van der Waals surface area contributed by atoms with Gasteiger partial charge in [0, 0.05) is 6.54 Å². The van der Waals surface area contributed by atoms with Crippen LogP contribution in [0.2, 0.25) is 0 Å². The fourth-order valence-electron chi connectivity index (χ4n) is 4.42. The first-order valence-electron chi connectivity index (χ1n) is 9.83. The Balaban J connectivity index is 1.79. The maximum Gasteiger partial charge on any atom is 0.310 e. The molecule has 0 aromatic heterocycles. The van der Waals surface area contributed by atoms with Crippen molar-refractivity contribution < 1.29 is 14.7 Å². The van der Waals surface area contributed by atoms with E-state index >= 15 is 0 Å². The predicted molar refractivity (Wildman–Crippen MR) is 112 cm³/mol. The number of carbonyl (C=O) groups is 2. The second kappa shape index (κ2) is 7.92. The SMILES string of the molecule is O=C(O)C1CCC(C(=O)NCc2ccccc2)(c2ccccc2)c2ccccc21. The zero-order chi connectivity index (χ0) is 20.3. The van der Waals surface area contributed by atoms with E-state index in [-0.39, 0.29) is 5.91 Å². The maximum atomic E-state index is 13.7. The van der Waals surface area contributed by atoms with E-state index < -0.39 is 17.3 Å². The van der Waals surface area contributed by atoms with Crippen LogP contribution in [0.4, 0.5) is 0 Å². The number of fused-ring (bicyclic) bond motifs is 1. The van der Waals surface area contributed by atoms with E-state index in [1.54, 1.807) is 0 Å². The molecule has 4 heteroatoms. The summed E-state index contributed by atoms with van der Waals surface area (Å²) < 4.78 is 0. The highest BCUT2D eigenvalue weighted by Gasteiger charge is 2.48. The van der Waals surface area contributed by atoms with Gasteiger partial charge in [-0.2, -0.15) is 0 Å². The van der Waals surface area contributed by atoms with Gasteiger partial charge in [0.15, 0.2) is 0 Å². The Morgan fingerprint density at radius 3 is 2.21 bits per heavy atom. The number of nitrogens with one attached hydrogen (secondary N) is 1. The maximum absolute atomic E-state index is 13.7. The smallest absolute Gasteiger partial charge is 0.310 e. The molecule has 2 N–H and O–H groups in total. The Labute approximate surface area is 170 Å². The van der Waals surface area contributed by atoms with Gasteiger partial charge in [-0.15, -0.1) is 0 Å². The fourth-order valence-corrected chi connectivity index (χ4v) is 4.42. The molecule has 1 aliphatic carbocycles. The van der Waals surface area contributed by atoms with Gasteiger partial charge in [0.05, 0.1) is 11.3 Å². The summed E-state index contributed by atoms with van der Waals surface area (Å²) in [5, 5.41) is 12.8. The van der Waals surface area contributed by atoms with Crippen LogP contribution in [0.5, 0.6) is 0 Å². The number of hydrogen-bond donors (Lipinski definition) is 2. The van der Waals surface area contributed by atoms with Gasteiger partial charge in [-0.05, 0) is 35.1 Å². The van der Waals surface area contributed by atoms with Gasteiger partial charge >= 0.3 is 5.97 Å². The second-order valence-electron chi connectivity index (χ2n) is 7.46. The summed E-state index contributed by atoms with van der Waals surface area (Å²) in [6.45, 7) is 0.429. The first-order valence-corrected chi connectivity index (χ1v) is 9.83. The highest BCUT2D eigenvalue weighted by molar-refractivity contribution is 5.94. The molecule has 0 fully saturated rings. The molecule has 0 heterocycles. The molecule has 1 aliphatic rings. The Bertz CT molecular complexity index is 1020. The molecule has 4 rings (SSSR count). The van der Waals surface area contributed by atoms with Crippen molar-refractivity contribution in [1.82, 2.24) is 5.32 Å². The van der Waals surface area contributed by atoms with E-state index in [1.165, 1.54) is 0 Å². The number of aliphatic carboxylic acids is 1. The average molecular weight is 385 g/mol. The molecular weight excluding hydrogens is 362 g/mol. The van der Waals surface area contributed by atoms with Crippen LogP contribution in [0.25, 0.3) is 0 Å². The van der Waals surface area contributed by atoms with Gasteiger partial charge in [-0.3, -0.25) is 9.59 Å². The number of carboxylic acids is 1. The lowest BCUT2D eigenvalue weighted by molar-refractivity contribution is -0.140. The molecule has 146 valence electrons. The summed E-state index contributed by atoms with van der Waals surface area (Å²) in [4.78, 5) is 25.5. The molecule has 0 bridgehead atoms. The molecule has 0 spiro atoms. The van der Waals surface area contributed by atoms with Crippen LogP contribution in [0, 0.1) is 0 Å². The summed E-state index contributed by atoms with van der Waals surface area (Å²) in [5.41, 5.74) is 2.53. The zero-order valence-corrected chi connectivity index (χ0v) is 16.0. The van der Waals surface area contributed by atoms with Crippen LogP contribution >= 0.6 is 0 Å². The van der Waals surface area contributed by atoms with E-state index in [0.717, 1.165) is 22.3 Å². The van der Waals surface area contributed by atoms with Crippen molar-refractivity contribution >= 4 is 11.9 Å². The van der Waals surface area contributed by atoms with Gasteiger partial charge < -0.3 is 10.4 Å². The molecule has 3 aromatic carbocycles. The van der Waals surface area contributed by atoms with Gasteiger partial charge in [-0.25, -0.2) is 0 Å². The summed E-state index contributed by atoms with van der Waals surface area (Å²) >= 11 is 0. The largest absolute Gasteiger partial charge is 0.481 e. The fraction of sp³-hybridized carbons (Fsp3) is 0.200. The predicted octanol–water partition coefficient (Wildman–Crippen LogP) is 4.25. The van der Waals surface area contributed by atoms with Crippen molar-refractivity contribution in [2.75, 3.05) is 0 Å². The summed E-state index contributed by atoms with van der Waals surface area (Å²) in [7, 11) is 0. The van der Waals surface area contributed by atoms with Gasteiger partial charge in [0.25, 0.3) is 0 Å². The van der Waals surface area contributed by atoms with Crippen molar-refractivity contribution in [1.29, 1.82) is 0 Å². The minimum absolute atomic E-state index is 0.0937.